The summed E-state index contributed by atoms with van der Waals surface area (Å²) in [6.07, 6.45) is 7.17. The fourth-order valence-corrected chi connectivity index (χ4v) is 2.59. The van der Waals surface area contributed by atoms with Crippen molar-refractivity contribution in [3.05, 3.63) is 42.2 Å². The van der Waals surface area contributed by atoms with Crippen LogP contribution in [0.4, 0.5) is 0 Å². The lowest BCUT2D eigenvalue weighted by atomic mass is 9.96. The molecule has 5 nitrogen and oxygen atoms in total. The lowest BCUT2D eigenvalue weighted by molar-refractivity contribution is 0.367. The molecule has 0 aromatic carbocycles. The van der Waals surface area contributed by atoms with Crippen LogP contribution < -0.4 is 5.32 Å². The van der Waals surface area contributed by atoms with Gasteiger partial charge in [0.05, 0.1) is 12.2 Å². The molecule has 0 amide bonds. The van der Waals surface area contributed by atoms with E-state index >= 15 is 0 Å². The SMILES string of the molecule is c1ccc(Cn2cnnc2CC2CCCNC2)nc1. The molecule has 0 saturated carbocycles. The van der Waals surface area contributed by atoms with Gasteiger partial charge >= 0.3 is 0 Å². The summed E-state index contributed by atoms with van der Waals surface area (Å²) in [5.74, 6) is 1.75. The van der Waals surface area contributed by atoms with Gasteiger partial charge in [-0.15, -0.1) is 10.2 Å². The van der Waals surface area contributed by atoms with Gasteiger partial charge in [-0.2, -0.15) is 0 Å². The third-order valence-corrected chi connectivity index (χ3v) is 3.62. The van der Waals surface area contributed by atoms with E-state index in [0.29, 0.717) is 5.92 Å². The van der Waals surface area contributed by atoms with Crippen LogP contribution in [0.15, 0.2) is 30.7 Å². The number of nitrogens with one attached hydrogen (secondary N) is 1. The second-order valence-electron chi connectivity index (χ2n) is 5.11. The summed E-state index contributed by atoms with van der Waals surface area (Å²) in [4.78, 5) is 4.35. The summed E-state index contributed by atoms with van der Waals surface area (Å²) in [7, 11) is 0. The Bertz CT molecular complexity index is 502. The summed E-state index contributed by atoms with van der Waals surface area (Å²) in [6.45, 7) is 3.00. The van der Waals surface area contributed by atoms with Gasteiger partial charge in [0.15, 0.2) is 0 Å². The molecule has 19 heavy (non-hydrogen) atoms. The number of hydrogen-bond acceptors (Lipinski definition) is 4. The van der Waals surface area contributed by atoms with Crippen LogP contribution in [-0.4, -0.2) is 32.8 Å². The van der Waals surface area contributed by atoms with E-state index in [1.807, 2.05) is 24.4 Å². The van der Waals surface area contributed by atoms with E-state index in [9.17, 15) is 0 Å². The molecule has 100 valence electrons. The monoisotopic (exact) mass is 257 g/mol. The summed E-state index contributed by atoms with van der Waals surface area (Å²) in [6, 6.07) is 5.98. The van der Waals surface area contributed by atoms with Crippen LogP contribution in [-0.2, 0) is 13.0 Å². The topological polar surface area (TPSA) is 55.6 Å². The minimum atomic E-state index is 0.681. The third-order valence-electron chi connectivity index (χ3n) is 3.62. The van der Waals surface area contributed by atoms with Crippen molar-refractivity contribution in [2.45, 2.75) is 25.8 Å². The van der Waals surface area contributed by atoms with Crippen LogP contribution >= 0.6 is 0 Å². The molecule has 1 atom stereocenters. The smallest absolute Gasteiger partial charge is 0.133 e. The molecule has 5 heteroatoms. The number of nitrogens with zero attached hydrogens (tertiary/aromatic N) is 4. The maximum absolute atomic E-state index is 4.35. The van der Waals surface area contributed by atoms with E-state index in [1.54, 1.807) is 6.33 Å². The van der Waals surface area contributed by atoms with Gasteiger partial charge in [-0.25, -0.2) is 0 Å². The normalized spacial score (nSPS) is 19.5. The van der Waals surface area contributed by atoms with E-state index < -0.39 is 0 Å². The van der Waals surface area contributed by atoms with Gasteiger partial charge in [-0.1, -0.05) is 6.07 Å². The van der Waals surface area contributed by atoms with Crippen LogP contribution in [0.1, 0.15) is 24.4 Å². The molecular weight excluding hydrogens is 238 g/mol. The first-order chi connectivity index (χ1) is 9.42. The fraction of sp³-hybridized carbons (Fsp3) is 0.500. The molecule has 3 heterocycles. The predicted molar refractivity (Wildman–Crippen MR) is 72.7 cm³/mol. The van der Waals surface area contributed by atoms with Gasteiger partial charge in [-0.05, 0) is 44.0 Å². The maximum Gasteiger partial charge on any atom is 0.133 e. The maximum atomic E-state index is 4.35. The summed E-state index contributed by atoms with van der Waals surface area (Å²) < 4.78 is 2.11. The zero-order valence-electron chi connectivity index (χ0n) is 11.0. The van der Waals surface area contributed by atoms with Crippen molar-refractivity contribution in [1.82, 2.24) is 25.1 Å². The molecule has 1 aliphatic heterocycles. The van der Waals surface area contributed by atoms with Crippen molar-refractivity contribution < 1.29 is 0 Å². The molecule has 1 unspecified atom stereocenters. The minimum Gasteiger partial charge on any atom is -0.316 e. The van der Waals surface area contributed by atoms with Crippen molar-refractivity contribution in [1.29, 1.82) is 0 Å². The molecule has 0 spiro atoms. The van der Waals surface area contributed by atoms with Gasteiger partial charge in [-0.3, -0.25) is 4.98 Å². The summed E-state index contributed by atoms with van der Waals surface area (Å²) in [5.41, 5.74) is 1.05. The molecule has 0 radical (unpaired) electrons. The van der Waals surface area contributed by atoms with Gasteiger partial charge in [0, 0.05) is 12.6 Å². The second-order valence-corrected chi connectivity index (χ2v) is 5.11. The van der Waals surface area contributed by atoms with Crippen LogP contribution in [0.5, 0.6) is 0 Å². The molecule has 1 aliphatic rings. The standard InChI is InChI=1S/C14H19N5/c1-2-7-16-13(5-1)10-19-11-17-18-14(19)8-12-4-3-6-15-9-12/h1-2,5,7,11-12,15H,3-4,6,8-10H2. The highest BCUT2D eigenvalue weighted by molar-refractivity contribution is 5.05. The highest BCUT2D eigenvalue weighted by Crippen LogP contribution is 2.15. The Kier molecular flexibility index (Phi) is 3.83. The molecule has 1 saturated heterocycles. The Hall–Kier alpha value is -1.75. The average molecular weight is 257 g/mol. The Morgan fingerprint density at radius 2 is 2.37 bits per heavy atom. The molecular formula is C14H19N5. The Labute approximate surface area is 113 Å². The predicted octanol–water partition coefficient (Wildman–Crippen LogP) is 1.26. The van der Waals surface area contributed by atoms with Gasteiger partial charge in [0.2, 0.25) is 0 Å². The van der Waals surface area contributed by atoms with Crippen LogP contribution in [0.25, 0.3) is 0 Å². The second kappa shape index (κ2) is 5.93. The zero-order valence-corrected chi connectivity index (χ0v) is 11.0. The lowest BCUT2D eigenvalue weighted by Crippen LogP contribution is -2.31. The van der Waals surface area contributed by atoms with Crippen molar-refractivity contribution in [2.24, 2.45) is 5.92 Å². The highest BCUT2D eigenvalue weighted by atomic mass is 15.3. The van der Waals surface area contributed by atoms with E-state index in [-0.39, 0.29) is 0 Å². The summed E-state index contributed by atoms with van der Waals surface area (Å²) >= 11 is 0. The van der Waals surface area contributed by atoms with Crippen LogP contribution in [0.2, 0.25) is 0 Å². The number of rotatable bonds is 4. The largest absolute Gasteiger partial charge is 0.316 e. The van der Waals surface area contributed by atoms with Gasteiger partial charge in [0.1, 0.15) is 12.2 Å². The molecule has 3 rings (SSSR count). The Morgan fingerprint density at radius 3 is 3.16 bits per heavy atom. The average Bonchev–Trinajstić information content (AvgIpc) is 2.88. The third kappa shape index (κ3) is 3.17. The first-order valence-electron chi connectivity index (χ1n) is 6.89. The van der Waals surface area contributed by atoms with Crippen LogP contribution in [0.3, 0.4) is 0 Å². The van der Waals surface area contributed by atoms with Gasteiger partial charge in [0.25, 0.3) is 0 Å². The number of aromatic nitrogens is 4. The number of hydrogen-bond donors (Lipinski definition) is 1. The molecule has 2 aromatic heterocycles. The highest BCUT2D eigenvalue weighted by Gasteiger charge is 2.16. The van der Waals surface area contributed by atoms with E-state index in [2.05, 4.69) is 25.1 Å². The first kappa shape index (κ1) is 12.3. The van der Waals surface area contributed by atoms with E-state index in [0.717, 1.165) is 37.6 Å². The lowest BCUT2D eigenvalue weighted by Gasteiger charge is -2.22. The van der Waals surface area contributed by atoms with Crippen molar-refractivity contribution in [3.8, 4) is 0 Å². The molecule has 1 N–H and O–H groups in total. The van der Waals surface area contributed by atoms with Crippen LogP contribution in [0, 0.1) is 5.92 Å². The molecule has 0 aliphatic carbocycles. The molecule has 0 bridgehead atoms. The number of piperidine rings is 1. The van der Waals surface area contributed by atoms with Crippen molar-refractivity contribution >= 4 is 0 Å². The van der Waals surface area contributed by atoms with Crippen molar-refractivity contribution in [3.63, 3.8) is 0 Å². The van der Waals surface area contributed by atoms with E-state index in [1.165, 1.54) is 12.8 Å². The quantitative estimate of drug-likeness (QED) is 0.896. The summed E-state index contributed by atoms with van der Waals surface area (Å²) in [5, 5.41) is 11.8. The Balaban J connectivity index is 1.68. The van der Waals surface area contributed by atoms with Gasteiger partial charge < -0.3 is 9.88 Å². The minimum absolute atomic E-state index is 0.681. The van der Waals surface area contributed by atoms with Crippen molar-refractivity contribution in [2.75, 3.05) is 13.1 Å². The number of pyridine rings is 1. The first-order valence-corrected chi connectivity index (χ1v) is 6.89. The zero-order chi connectivity index (χ0) is 12.9. The molecule has 2 aromatic rings. The van der Waals surface area contributed by atoms with E-state index in [4.69, 9.17) is 0 Å². The Morgan fingerprint density at radius 1 is 1.37 bits per heavy atom. The molecule has 1 fully saturated rings. The fourth-order valence-electron chi connectivity index (χ4n) is 2.59.